The standard InChI is InChI=1S/C15H13Cl2N3O2/c16-11-3-1-2-10(14(11)17)15(22)18-9-4-5-12-8(6-9)7-13(21)20-19-12/h1-3,7,9H,4-6H2,(H,18,22)(H,20,21)/t9-/m1/s1. The highest BCUT2D eigenvalue weighted by Crippen LogP contribution is 2.26. The van der Waals surface area contributed by atoms with E-state index in [2.05, 4.69) is 15.5 Å². The second-order valence-corrected chi connectivity index (χ2v) is 6.00. The highest BCUT2D eigenvalue weighted by molar-refractivity contribution is 6.43. The molecular weight excluding hydrogens is 325 g/mol. The first-order chi connectivity index (χ1) is 10.5. The maximum Gasteiger partial charge on any atom is 0.264 e. The molecule has 0 unspecified atom stereocenters. The molecule has 0 spiro atoms. The van der Waals surface area contributed by atoms with Gasteiger partial charge in [-0.2, -0.15) is 5.10 Å². The Labute approximate surface area is 136 Å². The number of aromatic amines is 1. The Morgan fingerprint density at radius 2 is 2.18 bits per heavy atom. The van der Waals surface area contributed by atoms with E-state index in [1.165, 1.54) is 6.07 Å². The van der Waals surface area contributed by atoms with E-state index in [9.17, 15) is 9.59 Å². The van der Waals surface area contributed by atoms with Crippen LogP contribution in [0, 0.1) is 0 Å². The largest absolute Gasteiger partial charge is 0.349 e. The zero-order chi connectivity index (χ0) is 15.7. The molecular formula is C15H13Cl2N3O2. The fourth-order valence-electron chi connectivity index (χ4n) is 2.61. The van der Waals surface area contributed by atoms with Crippen molar-refractivity contribution in [1.82, 2.24) is 15.5 Å². The summed E-state index contributed by atoms with van der Waals surface area (Å²) in [6, 6.07) is 6.43. The van der Waals surface area contributed by atoms with Crippen molar-refractivity contribution in [3.05, 3.63) is 61.5 Å². The number of nitrogens with zero attached hydrogens (tertiary/aromatic N) is 1. The minimum Gasteiger partial charge on any atom is -0.349 e. The molecule has 5 nitrogen and oxygen atoms in total. The molecule has 3 rings (SSSR count). The summed E-state index contributed by atoms with van der Waals surface area (Å²) < 4.78 is 0. The number of amides is 1. The average molecular weight is 338 g/mol. The lowest BCUT2D eigenvalue weighted by molar-refractivity contribution is 0.0933. The number of halogens is 2. The molecule has 0 fully saturated rings. The number of H-pyrrole nitrogens is 1. The van der Waals surface area contributed by atoms with Crippen molar-refractivity contribution in [3.63, 3.8) is 0 Å². The third kappa shape index (κ3) is 3.00. The number of benzene rings is 1. The average Bonchev–Trinajstić information content (AvgIpc) is 2.49. The Balaban J connectivity index is 1.76. The second kappa shape index (κ2) is 6.10. The maximum atomic E-state index is 12.3. The van der Waals surface area contributed by atoms with Crippen LogP contribution in [0.3, 0.4) is 0 Å². The van der Waals surface area contributed by atoms with Crippen LogP contribution in [-0.2, 0) is 12.8 Å². The Hall–Kier alpha value is -1.85. The monoisotopic (exact) mass is 337 g/mol. The van der Waals surface area contributed by atoms with Crippen LogP contribution in [0.15, 0.2) is 29.1 Å². The van der Waals surface area contributed by atoms with E-state index in [0.717, 1.165) is 17.7 Å². The lowest BCUT2D eigenvalue weighted by Crippen LogP contribution is -2.39. The molecule has 1 aromatic carbocycles. The molecule has 0 saturated carbocycles. The van der Waals surface area contributed by atoms with Gasteiger partial charge in [0.05, 0.1) is 21.3 Å². The van der Waals surface area contributed by atoms with Gasteiger partial charge < -0.3 is 5.32 Å². The summed E-state index contributed by atoms with van der Waals surface area (Å²) in [6.45, 7) is 0. The highest BCUT2D eigenvalue weighted by atomic mass is 35.5. The smallest absolute Gasteiger partial charge is 0.264 e. The second-order valence-electron chi connectivity index (χ2n) is 5.22. The zero-order valence-electron chi connectivity index (χ0n) is 11.5. The van der Waals surface area contributed by atoms with Crippen LogP contribution in [-0.4, -0.2) is 22.1 Å². The summed E-state index contributed by atoms with van der Waals surface area (Å²) in [4.78, 5) is 23.7. The van der Waals surface area contributed by atoms with E-state index < -0.39 is 0 Å². The topological polar surface area (TPSA) is 74.8 Å². The number of hydrogen-bond donors (Lipinski definition) is 2. The van der Waals surface area contributed by atoms with Crippen molar-refractivity contribution in [1.29, 1.82) is 0 Å². The molecule has 0 aliphatic heterocycles. The quantitative estimate of drug-likeness (QED) is 0.883. The molecule has 114 valence electrons. The fraction of sp³-hybridized carbons (Fsp3) is 0.267. The molecule has 1 aliphatic carbocycles. The van der Waals surface area contributed by atoms with Gasteiger partial charge >= 0.3 is 0 Å². The molecule has 0 radical (unpaired) electrons. The van der Waals surface area contributed by atoms with Gasteiger partial charge in [-0.05, 0) is 37.0 Å². The van der Waals surface area contributed by atoms with Crippen molar-refractivity contribution >= 4 is 29.1 Å². The molecule has 22 heavy (non-hydrogen) atoms. The number of hydrogen-bond acceptors (Lipinski definition) is 3. The van der Waals surface area contributed by atoms with Crippen molar-refractivity contribution < 1.29 is 4.79 Å². The van der Waals surface area contributed by atoms with Crippen LogP contribution in [0.1, 0.15) is 28.0 Å². The van der Waals surface area contributed by atoms with E-state index in [0.29, 0.717) is 23.4 Å². The zero-order valence-corrected chi connectivity index (χ0v) is 13.0. The number of carbonyl (C=O) groups is 1. The maximum absolute atomic E-state index is 12.3. The van der Waals surface area contributed by atoms with Crippen molar-refractivity contribution in [2.75, 3.05) is 0 Å². The highest BCUT2D eigenvalue weighted by Gasteiger charge is 2.23. The van der Waals surface area contributed by atoms with Gasteiger partial charge in [0, 0.05) is 12.1 Å². The van der Waals surface area contributed by atoms with E-state index >= 15 is 0 Å². The minimum absolute atomic E-state index is 0.0568. The van der Waals surface area contributed by atoms with Gasteiger partial charge in [0.15, 0.2) is 0 Å². The molecule has 1 amide bonds. The van der Waals surface area contributed by atoms with Crippen molar-refractivity contribution in [2.24, 2.45) is 0 Å². The number of carbonyl (C=O) groups excluding carboxylic acids is 1. The normalized spacial score (nSPS) is 16.9. The third-order valence-electron chi connectivity index (χ3n) is 3.70. The van der Waals surface area contributed by atoms with Gasteiger partial charge in [-0.3, -0.25) is 9.59 Å². The predicted octanol–water partition coefficient (Wildman–Crippen LogP) is 2.36. The number of nitrogens with one attached hydrogen (secondary N) is 2. The third-order valence-corrected chi connectivity index (χ3v) is 4.52. The number of aryl methyl sites for hydroxylation is 1. The summed E-state index contributed by atoms with van der Waals surface area (Å²) in [5.41, 5.74) is 1.87. The van der Waals surface area contributed by atoms with Crippen LogP contribution in [0.25, 0.3) is 0 Å². The number of rotatable bonds is 2. The summed E-state index contributed by atoms with van der Waals surface area (Å²) in [5, 5.41) is 9.99. The Bertz CT molecular complexity index is 789. The molecule has 1 heterocycles. The van der Waals surface area contributed by atoms with Crippen molar-refractivity contribution in [2.45, 2.75) is 25.3 Å². The van der Waals surface area contributed by atoms with Gasteiger partial charge in [0.2, 0.25) is 0 Å². The van der Waals surface area contributed by atoms with E-state index in [1.54, 1.807) is 18.2 Å². The number of aromatic nitrogens is 2. The molecule has 2 N–H and O–H groups in total. The van der Waals surface area contributed by atoms with E-state index in [4.69, 9.17) is 23.2 Å². The first-order valence-corrected chi connectivity index (χ1v) is 7.62. The summed E-state index contributed by atoms with van der Waals surface area (Å²) in [6.07, 6.45) is 2.05. The summed E-state index contributed by atoms with van der Waals surface area (Å²) >= 11 is 12.0. The molecule has 1 aromatic heterocycles. The van der Waals surface area contributed by atoms with Crippen LogP contribution in [0.2, 0.25) is 10.0 Å². The first kappa shape index (κ1) is 15.1. The van der Waals surface area contributed by atoms with Crippen molar-refractivity contribution in [3.8, 4) is 0 Å². The van der Waals surface area contributed by atoms with Crippen LogP contribution < -0.4 is 10.9 Å². The summed E-state index contributed by atoms with van der Waals surface area (Å²) in [5.74, 6) is -0.265. The lowest BCUT2D eigenvalue weighted by atomic mass is 9.92. The van der Waals surface area contributed by atoms with Gasteiger partial charge in [0.25, 0.3) is 11.5 Å². The van der Waals surface area contributed by atoms with E-state index in [-0.39, 0.29) is 22.5 Å². The minimum atomic E-state index is -0.265. The van der Waals surface area contributed by atoms with Gasteiger partial charge in [-0.15, -0.1) is 0 Å². The molecule has 2 aromatic rings. The van der Waals surface area contributed by atoms with Crippen LogP contribution in [0.4, 0.5) is 0 Å². The van der Waals surface area contributed by atoms with Gasteiger partial charge in [0.1, 0.15) is 0 Å². The van der Waals surface area contributed by atoms with Gasteiger partial charge in [-0.1, -0.05) is 29.3 Å². The first-order valence-electron chi connectivity index (χ1n) is 6.87. The molecule has 1 aliphatic rings. The molecule has 1 atom stereocenters. The van der Waals surface area contributed by atoms with Crippen LogP contribution >= 0.6 is 23.2 Å². The molecule has 0 bridgehead atoms. The lowest BCUT2D eigenvalue weighted by Gasteiger charge is -2.24. The predicted molar refractivity (Wildman–Crippen MR) is 84.6 cm³/mol. The fourth-order valence-corrected chi connectivity index (χ4v) is 2.99. The van der Waals surface area contributed by atoms with Crippen LogP contribution in [0.5, 0.6) is 0 Å². The SMILES string of the molecule is O=C(N[C@@H]1CCc2n[nH]c(=O)cc2C1)c1cccc(Cl)c1Cl. The molecule has 7 heteroatoms. The van der Waals surface area contributed by atoms with Gasteiger partial charge in [-0.25, -0.2) is 5.10 Å². The van der Waals surface area contributed by atoms with E-state index in [1.807, 2.05) is 0 Å². The Morgan fingerprint density at radius 1 is 1.36 bits per heavy atom. The number of fused-ring (bicyclic) bond motifs is 1. The Kier molecular flexibility index (Phi) is 4.18. The molecule has 0 saturated heterocycles. The Morgan fingerprint density at radius 3 is 3.00 bits per heavy atom. The summed E-state index contributed by atoms with van der Waals surface area (Å²) in [7, 11) is 0.